The van der Waals surface area contributed by atoms with E-state index in [-0.39, 0.29) is 12.1 Å². The van der Waals surface area contributed by atoms with E-state index in [0.717, 1.165) is 18.6 Å². The van der Waals surface area contributed by atoms with Crippen LogP contribution in [0.4, 0.5) is 0 Å². The van der Waals surface area contributed by atoms with Gasteiger partial charge in [0.25, 0.3) is 0 Å². The maximum atomic E-state index is 6.10. The van der Waals surface area contributed by atoms with Crippen LogP contribution < -0.4 is 10.5 Å². The lowest BCUT2D eigenvalue weighted by atomic mass is 9.88. The first-order valence-electron chi connectivity index (χ1n) is 5.88. The van der Waals surface area contributed by atoms with Gasteiger partial charge in [-0.05, 0) is 49.4 Å². The molecule has 0 saturated heterocycles. The van der Waals surface area contributed by atoms with Crippen LogP contribution in [0, 0.1) is 0 Å². The van der Waals surface area contributed by atoms with Crippen molar-refractivity contribution in [3.8, 4) is 5.75 Å². The molecule has 1 unspecified atom stereocenters. The first-order valence-corrected chi connectivity index (χ1v) is 5.88. The number of hydrogen-bond donors (Lipinski definition) is 1. The molecule has 2 rings (SSSR count). The molecule has 2 N–H and O–H groups in total. The molecule has 2 atom stereocenters. The minimum Gasteiger partial charge on any atom is -0.487 e. The van der Waals surface area contributed by atoms with E-state index < -0.39 is 0 Å². The average Bonchev–Trinajstić information content (AvgIpc) is 2.30. The summed E-state index contributed by atoms with van der Waals surface area (Å²) in [6.07, 6.45) is 5.24. The zero-order valence-electron chi connectivity index (χ0n) is 9.78. The Balaban J connectivity index is 2.23. The molecule has 0 aliphatic heterocycles. The van der Waals surface area contributed by atoms with Crippen molar-refractivity contribution in [3.63, 3.8) is 0 Å². The molecule has 0 spiro atoms. The molecule has 86 valence electrons. The maximum absolute atomic E-state index is 6.10. The summed E-state index contributed by atoms with van der Waals surface area (Å²) in [4.78, 5) is 0. The Morgan fingerprint density at radius 2 is 2.38 bits per heavy atom. The zero-order valence-corrected chi connectivity index (χ0v) is 9.78. The highest BCUT2D eigenvalue weighted by Crippen LogP contribution is 2.31. The SMILES string of the molecule is C=CC(C)Oc1ccc2c(c1)[C@H](N)CCC2. The van der Waals surface area contributed by atoms with E-state index in [0.29, 0.717) is 0 Å². The van der Waals surface area contributed by atoms with E-state index in [1.807, 2.05) is 13.0 Å². The number of rotatable bonds is 3. The number of hydrogen-bond acceptors (Lipinski definition) is 2. The van der Waals surface area contributed by atoms with Crippen molar-refractivity contribution < 1.29 is 4.74 Å². The Kier molecular flexibility index (Phi) is 3.30. The van der Waals surface area contributed by atoms with E-state index in [1.165, 1.54) is 17.5 Å². The fourth-order valence-electron chi connectivity index (χ4n) is 2.15. The lowest BCUT2D eigenvalue weighted by molar-refractivity contribution is 0.269. The first kappa shape index (κ1) is 11.2. The van der Waals surface area contributed by atoms with Crippen molar-refractivity contribution in [1.82, 2.24) is 0 Å². The van der Waals surface area contributed by atoms with Crippen LogP contribution in [-0.2, 0) is 6.42 Å². The second-order valence-corrected chi connectivity index (χ2v) is 4.42. The van der Waals surface area contributed by atoms with Gasteiger partial charge in [-0.25, -0.2) is 0 Å². The van der Waals surface area contributed by atoms with Gasteiger partial charge in [0.2, 0.25) is 0 Å². The average molecular weight is 217 g/mol. The van der Waals surface area contributed by atoms with Crippen molar-refractivity contribution in [2.24, 2.45) is 5.73 Å². The van der Waals surface area contributed by atoms with Gasteiger partial charge in [0.1, 0.15) is 11.9 Å². The van der Waals surface area contributed by atoms with Gasteiger partial charge in [0.05, 0.1) is 0 Å². The van der Waals surface area contributed by atoms with Crippen LogP contribution in [0.15, 0.2) is 30.9 Å². The van der Waals surface area contributed by atoms with Crippen molar-refractivity contribution in [2.75, 3.05) is 0 Å². The van der Waals surface area contributed by atoms with Gasteiger partial charge in [-0.1, -0.05) is 18.7 Å². The van der Waals surface area contributed by atoms with Crippen molar-refractivity contribution in [1.29, 1.82) is 0 Å². The number of benzene rings is 1. The second-order valence-electron chi connectivity index (χ2n) is 4.42. The molecule has 1 aromatic carbocycles. The Labute approximate surface area is 97.1 Å². The lowest BCUT2D eigenvalue weighted by Gasteiger charge is -2.23. The van der Waals surface area contributed by atoms with Crippen LogP contribution in [0.25, 0.3) is 0 Å². The minimum absolute atomic E-state index is 0.0397. The van der Waals surface area contributed by atoms with Gasteiger partial charge in [0.15, 0.2) is 0 Å². The van der Waals surface area contributed by atoms with Gasteiger partial charge in [-0.3, -0.25) is 0 Å². The molecule has 2 nitrogen and oxygen atoms in total. The van der Waals surface area contributed by atoms with Gasteiger partial charge in [-0.2, -0.15) is 0 Å². The van der Waals surface area contributed by atoms with Crippen LogP contribution in [0.1, 0.15) is 36.9 Å². The van der Waals surface area contributed by atoms with Gasteiger partial charge in [-0.15, -0.1) is 0 Å². The summed E-state index contributed by atoms with van der Waals surface area (Å²) in [7, 11) is 0. The Bertz CT molecular complexity index is 386. The molecule has 0 amide bonds. The van der Waals surface area contributed by atoms with Crippen molar-refractivity contribution in [2.45, 2.75) is 38.3 Å². The number of aryl methyl sites for hydroxylation is 1. The zero-order chi connectivity index (χ0) is 11.5. The number of ether oxygens (including phenoxy) is 1. The molecule has 0 fully saturated rings. The third-order valence-electron chi connectivity index (χ3n) is 3.13. The highest BCUT2D eigenvalue weighted by Gasteiger charge is 2.17. The molecule has 1 aliphatic rings. The molecule has 1 aromatic rings. The topological polar surface area (TPSA) is 35.2 Å². The normalized spacial score (nSPS) is 21.0. The first-order chi connectivity index (χ1) is 7.70. The van der Waals surface area contributed by atoms with E-state index in [4.69, 9.17) is 10.5 Å². The fraction of sp³-hybridized carbons (Fsp3) is 0.429. The van der Waals surface area contributed by atoms with E-state index in [2.05, 4.69) is 18.7 Å². The summed E-state index contributed by atoms with van der Waals surface area (Å²) in [5.41, 5.74) is 8.73. The summed E-state index contributed by atoms with van der Waals surface area (Å²) >= 11 is 0. The predicted octanol–water partition coefficient (Wildman–Crippen LogP) is 2.98. The highest BCUT2D eigenvalue weighted by molar-refractivity contribution is 5.39. The molecule has 0 bridgehead atoms. The van der Waals surface area contributed by atoms with E-state index in [1.54, 1.807) is 6.08 Å². The van der Waals surface area contributed by atoms with Gasteiger partial charge >= 0.3 is 0 Å². The van der Waals surface area contributed by atoms with E-state index >= 15 is 0 Å². The monoisotopic (exact) mass is 217 g/mol. The predicted molar refractivity (Wildman–Crippen MR) is 66.6 cm³/mol. The fourth-order valence-corrected chi connectivity index (χ4v) is 2.15. The highest BCUT2D eigenvalue weighted by atomic mass is 16.5. The summed E-state index contributed by atoms with van der Waals surface area (Å²) in [6.45, 7) is 5.69. The van der Waals surface area contributed by atoms with Gasteiger partial charge < -0.3 is 10.5 Å². The maximum Gasteiger partial charge on any atom is 0.120 e. The second kappa shape index (κ2) is 4.71. The van der Waals surface area contributed by atoms with E-state index in [9.17, 15) is 0 Å². The third-order valence-corrected chi connectivity index (χ3v) is 3.13. The van der Waals surface area contributed by atoms with Crippen LogP contribution >= 0.6 is 0 Å². The quantitative estimate of drug-likeness (QED) is 0.790. The van der Waals surface area contributed by atoms with Gasteiger partial charge in [0, 0.05) is 6.04 Å². The summed E-state index contributed by atoms with van der Waals surface area (Å²) in [5, 5.41) is 0. The minimum atomic E-state index is 0.0397. The van der Waals surface area contributed by atoms with Crippen LogP contribution in [0.3, 0.4) is 0 Å². The summed E-state index contributed by atoms with van der Waals surface area (Å²) in [5.74, 6) is 0.892. The van der Waals surface area contributed by atoms with Crippen LogP contribution in [0.2, 0.25) is 0 Å². The number of fused-ring (bicyclic) bond motifs is 1. The molecule has 2 heteroatoms. The Morgan fingerprint density at radius 1 is 1.56 bits per heavy atom. The number of nitrogens with two attached hydrogens (primary N) is 1. The van der Waals surface area contributed by atoms with Crippen molar-refractivity contribution in [3.05, 3.63) is 42.0 Å². The molecule has 0 heterocycles. The largest absolute Gasteiger partial charge is 0.487 e. The molecule has 0 aromatic heterocycles. The molecular weight excluding hydrogens is 198 g/mol. The summed E-state index contributed by atoms with van der Waals surface area (Å²) in [6, 6.07) is 6.42. The summed E-state index contributed by atoms with van der Waals surface area (Å²) < 4.78 is 5.70. The lowest BCUT2D eigenvalue weighted by Crippen LogP contribution is -2.17. The molecule has 16 heavy (non-hydrogen) atoms. The molecule has 0 saturated carbocycles. The van der Waals surface area contributed by atoms with Crippen molar-refractivity contribution >= 4 is 0 Å². The van der Waals surface area contributed by atoms with Crippen LogP contribution in [-0.4, -0.2) is 6.10 Å². The molecular formula is C14H19NO. The third kappa shape index (κ3) is 2.27. The molecule has 1 aliphatic carbocycles. The smallest absolute Gasteiger partial charge is 0.120 e. The molecule has 0 radical (unpaired) electrons. The Morgan fingerprint density at radius 3 is 3.12 bits per heavy atom. The standard InChI is InChI=1S/C14H19NO/c1-3-10(2)16-12-8-7-11-5-4-6-14(15)13(11)9-12/h3,7-10,14H,1,4-6,15H2,2H3/t10?,14-/m1/s1. The Hall–Kier alpha value is -1.28. The van der Waals surface area contributed by atoms with Crippen LogP contribution in [0.5, 0.6) is 5.75 Å².